The normalized spacial score (nSPS) is 14.9. The van der Waals surface area contributed by atoms with E-state index in [0.29, 0.717) is 22.2 Å². The van der Waals surface area contributed by atoms with Crippen molar-refractivity contribution in [1.29, 1.82) is 0 Å². The van der Waals surface area contributed by atoms with Crippen molar-refractivity contribution in [3.63, 3.8) is 0 Å². The first kappa shape index (κ1) is 21.2. The lowest BCUT2D eigenvalue weighted by Crippen LogP contribution is -2.33. The number of aryl methyl sites for hydroxylation is 1. The Balaban J connectivity index is 1.92. The summed E-state index contributed by atoms with van der Waals surface area (Å²) < 4.78 is 30.5. The summed E-state index contributed by atoms with van der Waals surface area (Å²) in [6, 6.07) is 13.7. The second-order valence-corrected chi connectivity index (χ2v) is 9.11. The molecule has 3 aromatic carbocycles. The van der Waals surface area contributed by atoms with Crippen LogP contribution in [0.1, 0.15) is 47.8 Å². The molecule has 1 aromatic heterocycles. The first-order chi connectivity index (χ1) is 15.7. The van der Waals surface area contributed by atoms with Gasteiger partial charge in [-0.25, -0.2) is 13.6 Å². The van der Waals surface area contributed by atoms with Gasteiger partial charge < -0.3 is 14.8 Å². The number of rotatable bonds is 4. The molecule has 0 saturated heterocycles. The summed E-state index contributed by atoms with van der Waals surface area (Å²) >= 11 is 0. The average molecular weight is 447 g/mol. The van der Waals surface area contributed by atoms with Crippen molar-refractivity contribution in [2.24, 2.45) is 0 Å². The van der Waals surface area contributed by atoms with Gasteiger partial charge in [0.2, 0.25) is 0 Å². The number of carboxylic acid groups (broad SMARTS) is 1. The molecule has 0 bridgehead atoms. The Morgan fingerprint density at radius 3 is 2.30 bits per heavy atom. The third-order valence-corrected chi connectivity index (χ3v) is 6.86. The molecule has 0 atom stereocenters. The van der Waals surface area contributed by atoms with Crippen LogP contribution in [0.15, 0.2) is 54.6 Å². The van der Waals surface area contributed by atoms with Gasteiger partial charge in [0.15, 0.2) is 0 Å². The van der Waals surface area contributed by atoms with Crippen LogP contribution in [0.4, 0.5) is 8.78 Å². The highest BCUT2D eigenvalue weighted by atomic mass is 19.1. The van der Waals surface area contributed by atoms with Crippen LogP contribution in [-0.4, -0.2) is 20.7 Å². The number of aromatic hydroxyl groups is 1. The zero-order chi connectivity index (χ0) is 23.5. The fraction of sp³-hybridized carbons (Fsp3) is 0.222. The molecule has 2 N–H and O–H groups in total. The number of hydrogen-bond donors (Lipinski definition) is 2. The monoisotopic (exact) mass is 447 g/mol. The minimum atomic E-state index is -1.03. The zero-order valence-electron chi connectivity index (χ0n) is 18.3. The van der Waals surface area contributed by atoms with Crippen molar-refractivity contribution >= 4 is 16.9 Å². The summed E-state index contributed by atoms with van der Waals surface area (Å²) in [6.07, 6.45) is 2.86. The summed E-state index contributed by atoms with van der Waals surface area (Å²) in [6.45, 7) is 3.82. The van der Waals surface area contributed by atoms with Crippen molar-refractivity contribution in [3.05, 3.63) is 83.1 Å². The van der Waals surface area contributed by atoms with E-state index in [0.717, 1.165) is 42.1 Å². The Morgan fingerprint density at radius 2 is 1.73 bits per heavy atom. The molecule has 1 fully saturated rings. The van der Waals surface area contributed by atoms with Gasteiger partial charge >= 0.3 is 5.97 Å². The van der Waals surface area contributed by atoms with Crippen LogP contribution >= 0.6 is 0 Å². The van der Waals surface area contributed by atoms with Gasteiger partial charge in [-0.15, -0.1) is 0 Å². The van der Waals surface area contributed by atoms with Crippen LogP contribution < -0.4 is 0 Å². The van der Waals surface area contributed by atoms with E-state index in [4.69, 9.17) is 0 Å². The highest BCUT2D eigenvalue weighted by Crippen LogP contribution is 2.52. The van der Waals surface area contributed by atoms with Crippen LogP contribution in [-0.2, 0) is 5.41 Å². The molecule has 1 aliphatic carbocycles. The summed E-state index contributed by atoms with van der Waals surface area (Å²) in [7, 11) is 0. The molecule has 5 rings (SSSR count). The third kappa shape index (κ3) is 3.28. The van der Waals surface area contributed by atoms with Gasteiger partial charge in [-0.3, -0.25) is 0 Å². The maximum atomic E-state index is 14.5. The van der Waals surface area contributed by atoms with Crippen LogP contribution in [0.2, 0.25) is 0 Å². The maximum Gasteiger partial charge on any atom is 0.335 e. The number of halogens is 2. The molecule has 6 heteroatoms. The Bertz CT molecular complexity index is 1420. The van der Waals surface area contributed by atoms with Gasteiger partial charge in [-0.1, -0.05) is 25.5 Å². The molecule has 1 saturated carbocycles. The van der Waals surface area contributed by atoms with Gasteiger partial charge in [0.25, 0.3) is 0 Å². The number of aromatic nitrogens is 1. The largest absolute Gasteiger partial charge is 0.507 e. The van der Waals surface area contributed by atoms with E-state index in [1.807, 2.05) is 4.57 Å². The van der Waals surface area contributed by atoms with Crippen molar-refractivity contribution in [3.8, 4) is 22.6 Å². The molecule has 4 nitrogen and oxygen atoms in total. The fourth-order valence-corrected chi connectivity index (χ4v) is 4.97. The van der Waals surface area contributed by atoms with Crippen molar-refractivity contribution in [1.82, 2.24) is 4.57 Å². The number of phenolic OH excluding ortho intramolecular Hbond substituents is 1. The number of carbonyl (C=O) groups is 1. The van der Waals surface area contributed by atoms with Crippen LogP contribution in [0.5, 0.6) is 5.75 Å². The van der Waals surface area contributed by atoms with Crippen molar-refractivity contribution in [2.75, 3.05) is 0 Å². The molecule has 168 valence electrons. The third-order valence-electron chi connectivity index (χ3n) is 6.86. The first-order valence-corrected chi connectivity index (χ1v) is 10.9. The van der Waals surface area contributed by atoms with Crippen LogP contribution in [0.25, 0.3) is 27.7 Å². The molecule has 0 radical (unpaired) electrons. The Kier molecular flexibility index (Phi) is 4.78. The van der Waals surface area contributed by atoms with Crippen molar-refractivity contribution < 1.29 is 23.8 Å². The second-order valence-electron chi connectivity index (χ2n) is 9.11. The number of phenols is 1. The molecule has 0 amide bonds. The smallest absolute Gasteiger partial charge is 0.335 e. The van der Waals surface area contributed by atoms with Crippen LogP contribution in [0, 0.1) is 18.6 Å². The predicted octanol–water partition coefficient (Wildman–Crippen LogP) is 6.73. The maximum absolute atomic E-state index is 14.5. The van der Waals surface area contributed by atoms with E-state index >= 15 is 0 Å². The van der Waals surface area contributed by atoms with Gasteiger partial charge in [-0.2, -0.15) is 0 Å². The SMILES string of the molecule is Cc1cc(-n2c(C3(C)CCC3)c(-c3ccc(C(=O)O)cc3)c3c(O)cc(F)cc32)ccc1F. The van der Waals surface area contributed by atoms with E-state index in [-0.39, 0.29) is 22.5 Å². The summed E-state index contributed by atoms with van der Waals surface area (Å²) in [5.41, 5.74) is 3.91. The number of aromatic carboxylic acids is 1. The van der Waals surface area contributed by atoms with Crippen molar-refractivity contribution in [2.45, 2.75) is 38.5 Å². The lowest BCUT2D eigenvalue weighted by Gasteiger charge is -2.40. The first-order valence-electron chi connectivity index (χ1n) is 10.9. The lowest BCUT2D eigenvalue weighted by atomic mass is 9.66. The average Bonchev–Trinajstić information content (AvgIpc) is 3.09. The zero-order valence-corrected chi connectivity index (χ0v) is 18.3. The fourth-order valence-electron chi connectivity index (χ4n) is 4.97. The lowest BCUT2D eigenvalue weighted by molar-refractivity contribution is 0.0697. The van der Waals surface area contributed by atoms with Gasteiger partial charge in [0.1, 0.15) is 17.4 Å². The quantitative estimate of drug-likeness (QED) is 0.365. The Labute approximate surface area is 189 Å². The molecule has 1 heterocycles. The molecule has 0 unspecified atom stereocenters. The van der Waals surface area contributed by atoms with E-state index in [1.165, 1.54) is 24.3 Å². The minimum absolute atomic E-state index is 0.156. The molecule has 33 heavy (non-hydrogen) atoms. The molecular weight excluding hydrogens is 424 g/mol. The Morgan fingerprint density at radius 1 is 1.03 bits per heavy atom. The van der Waals surface area contributed by atoms with E-state index in [9.17, 15) is 23.8 Å². The number of benzene rings is 3. The highest BCUT2D eigenvalue weighted by Gasteiger charge is 2.40. The predicted molar refractivity (Wildman–Crippen MR) is 123 cm³/mol. The van der Waals surface area contributed by atoms with Crippen LogP contribution in [0.3, 0.4) is 0 Å². The van der Waals surface area contributed by atoms with E-state index < -0.39 is 11.8 Å². The number of nitrogens with zero attached hydrogens (tertiary/aromatic N) is 1. The minimum Gasteiger partial charge on any atom is -0.507 e. The highest BCUT2D eigenvalue weighted by molar-refractivity contribution is 6.04. The second kappa shape index (κ2) is 7.44. The molecule has 4 aromatic rings. The summed E-state index contributed by atoms with van der Waals surface area (Å²) in [4.78, 5) is 11.4. The molecule has 0 spiro atoms. The molecule has 1 aliphatic rings. The standard InChI is InChI=1S/C27H23F2NO3/c1-15-12-19(8-9-20(15)29)30-21-13-18(28)14-22(31)24(21)23(25(30)27(2)10-3-11-27)16-4-6-17(7-5-16)26(32)33/h4-9,12-14,31H,3,10-11H2,1-2H3,(H,32,33). The Hall–Kier alpha value is -3.67. The van der Waals surface area contributed by atoms with Gasteiger partial charge in [0.05, 0.1) is 16.5 Å². The topological polar surface area (TPSA) is 62.5 Å². The summed E-state index contributed by atoms with van der Waals surface area (Å²) in [5, 5.41) is 20.7. The van der Waals surface area contributed by atoms with E-state index in [1.54, 1.807) is 31.2 Å². The number of carboxylic acids is 1. The molecular formula is C27H23F2NO3. The number of hydrogen-bond acceptors (Lipinski definition) is 2. The van der Waals surface area contributed by atoms with Gasteiger partial charge in [-0.05, 0) is 67.3 Å². The summed E-state index contributed by atoms with van der Waals surface area (Å²) in [5.74, 6) is -2.12. The number of fused-ring (bicyclic) bond motifs is 1. The van der Waals surface area contributed by atoms with Gasteiger partial charge in [0, 0.05) is 28.4 Å². The van der Waals surface area contributed by atoms with E-state index in [2.05, 4.69) is 6.92 Å². The molecule has 0 aliphatic heterocycles.